The Labute approximate surface area is 119 Å². The van der Waals surface area contributed by atoms with E-state index in [1.807, 2.05) is 5.32 Å². The van der Waals surface area contributed by atoms with E-state index < -0.39 is 11.3 Å². The van der Waals surface area contributed by atoms with Crippen LogP contribution in [0.5, 0.6) is 0 Å². The summed E-state index contributed by atoms with van der Waals surface area (Å²) in [6.45, 7) is 4.54. The van der Waals surface area contributed by atoms with Gasteiger partial charge in [0.1, 0.15) is 0 Å². The first-order chi connectivity index (χ1) is 9.45. The summed E-state index contributed by atoms with van der Waals surface area (Å²) in [5.41, 5.74) is 0.192. The third-order valence-electron chi connectivity index (χ3n) is 2.90. The van der Waals surface area contributed by atoms with Gasteiger partial charge < -0.3 is 10.1 Å². The predicted molar refractivity (Wildman–Crippen MR) is 68.9 cm³/mol. The summed E-state index contributed by atoms with van der Waals surface area (Å²) in [4.78, 5) is 13.2. The van der Waals surface area contributed by atoms with E-state index in [1.165, 1.54) is 12.4 Å². The largest absolute Gasteiger partial charge is 0.400 e. The third-order valence-corrected chi connectivity index (χ3v) is 3.07. The average Bonchev–Trinajstić information content (AvgIpc) is 2.84. The van der Waals surface area contributed by atoms with Crippen LogP contribution in [0.25, 0.3) is 0 Å². The van der Waals surface area contributed by atoms with Gasteiger partial charge in [0.15, 0.2) is 0 Å². The van der Waals surface area contributed by atoms with Gasteiger partial charge in [0.05, 0.1) is 31.6 Å². The van der Waals surface area contributed by atoms with Gasteiger partial charge in [-0.2, -0.15) is 13.9 Å². The maximum absolute atomic E-state index is 12.5. The molecule has 1 N–H and O–H groups in total. The molecular weight excluding hydrogens is 294 g/mol. The van der Waals surface area contributed by atoms with Gasteiger partial charge >= 0.3 is 11.3 Å². The molecule has 0 bridgehead atoms. The summed E-state index contributed by atoms with van der Waals surface area (Å²) < 4.78 is 31.8. The zero-order valence-electron chi connectivity index (χ0n) is 10.7. The molecule has 9 heteroatoms. The van der Waals surface area contributed by atoms with Crippen LogP contribution < -0.4 is 5.32 Å². The first kappa shape index (κ1) is 15.1. The zero-order valence-corrected chi connectivity index (χ0v) is 11.4. The van der Waals surface area contributed by atoms with Crippen molar-refractivity contribution in [3.8, 4) is 0 Å². The number of aromatic nitrogens is 2. The normalized spacial score (nSPS) is 17.1. The first-order valence-corrected chi connectivity index (χ1v) is 6.54. The smallest absolute Gasteiger partial charge is 0.379 e. The minimum Gasteiger partial charge on any atom is -0.379 e. The summed E-state index contributed by atoms with van der Waals surface area (Å²) in [6.07, 6.45) is 2.79. The Bertz CT molecular complexity index is 458. The van der Waals surface area contributed by atoms with Crippen molar-refractivity contribution in [1.82, 2.24) is 14.7 Å². The highest BCUT2D eigenvalue weighted by molar-refractivity contribution is 6.33. The first-order valence-electron chi connectivity index (χ1n) is 6.16. The van der Waals surface area contributed by atoms with Gasteiger partial charge in [-0.15, -0.1) is 0 Å². The second-order valence-electron chi connectivity index (χ2n) is 4.40. The third kappa shape index (κ3) is 4.39. The number of carbonyl (C=O) groups is 1. The van der Waals surface area contributed by atoms with Crippen LogP contribution in [-0.2, 0) is 16.1 Å². The highest BCUT2D eigenvalue weighted by atomic mass is 35.5. The van der Waals surface area contributed by atoms with E-state index in [0.29, 0.717) is 19.8 Å². The number of ether oxygens (including phenoxy) is 1. The number of morpholine rings is 1. The Balaban J connectivity index is 1.81. The van der Waals surface area contributed by atoms with Crippen LogP contribution in [0, 0.1) is 0 Å². The van der Waals surface area contributed by atoms with Gasteiger partial charge in [0, 0.05) is 25.8 Å². The molecule has 0 spiro atoms. The number of hydrogen-bond acceptors (Lipinski definition) is 4. The monoisotopic (exact) mass is 308 g/mol. The molecule has 20 heavy (non-hydrogen) atoms. The topological polar surface area (TPSA) is 59.4 Å². The molecule has 1 amide bonds. The second kappa shape index (κ2) is 6.47. The molecule has 1 aromatic heterocycles. The lowest BCUT2D eigenvalue weighted by atomic mass is 10.4. The van der Waals surface area contributed by atoms with E-state index in [2.05, 4.69) is 21.6 Å². The van der Waals surface area contributed by atoms with Gasteiger partial charge in [-0.1, -0.05) is 0 Å². The number of halogens is 3. The highest BCUT2D eigenvalue weighted by Gasteiger charge is 2.35. The molecule has 1 aromatic rings. The Morgan fingerprint density at radius 1 is 1.45 bits per heavy atom. The molecule has 1 aliphatic rings. The van der Waals surface area contributed by atoms with Crippen molar-refractivity contribution in [1.29, 1.82) is 0 Å². The van der Waals surface area contributed by atoms with Gasteiger partial charge in [-0.3, -0.25) is 14.4 Å². The van der Waals surface area contributed by atoms with Crippen LogP contribution in [0.3, 0.4) is 0 Å². The number of nitrogens with one attached hydrogen (secondary N) is 1. The molecule has 0 saturated carbocycles. The summed E-state index contributed by atoms with van der Waals surface area (Å²) in [5, 5.41) is 2.07. The molecule has 0 radical (unpaired) electrons. The van der Waals surface area contributed by atoms with Crippen LogP contribution in [0.4, 0.5) is 14.5 Å². The van der Waals surface area contributed by atoms with E-state index in [4.69, 9.17) is 4.74 Å². The Morgan fingerprint density at radius 2 is 2.15 bits per heavy atom. The highest BCUT2D eigenvalue weighted by Crippen LogP contribution is 2.20. The lowest BCUT2D eigenvalue weighted by Crippen LogP contribution is -2.38. The minimum absolute atomic E-state index is 0.192. The number of nitrogens with zero attached hydrogens (tertiary/aromatic N) is 3. The van der Waals surface area contributed by atoms with Crippen LogP contribution in [-0.4, -0.2) is 58.8 Å². The van der Waals surface area contributed by atoms with E-state index in [0.717, 1.165) is 19.6 Å². The van der Waals surface area contributed by atoms with E-state index >= 15 is 0 Å². The Kier molecular flexibility index (Phi) is 4.90. The number of anilines is 1. The van der Waals surface area contributed by atoms with Gasteiger partial charge in [-0.05, 0) is 11.6 Å². The fraction of sp³-hybridized carbons (Fsp3) is 0.636. The number of hydrogen-bond donors (Lipinski definition) is 1. The van der Waals surface area contributed by atoms with Crippen LogP contribution in [0.1, 0.15) is 0 Å². The SMILES string of the molecule is O=C(Nc1cnn(CCN2CCOCC2)c1)C(F)(F)Cl. The predicted octanol–water partition coefficient (Wildman–Crippen LogP) is 0.985. The minimum atomic E-state index is -3.92. The lowest BCUT2D eigenvalue weighted by molar-refractivity contribution is -0.130. The molecule has 2 heterocycles. The van der Waals surface area contributed by atoms with Gasteiger partial charge in [-0.25, -0.2) is 0 Å². The number of carbonyl (C=O) groups excluding carboxylic acids is 1. The summed E-state index contributed by atoms with van der Waals surface area (Å²) in [7, 11) is 0. The molecule has 0 atom stereocenters. The molecule has 1 aliphatic heterocycles. The fourth-order valence-corrected chi connectivity index (χ4v) is 1.87. The molecule has 6 nitrogen and oxygen atoms in total. The molecule has 1 saturated heterocycles. The van der Waals surface area contributed by atoms with Crippen molar-refractivity contribution in [3.63, 3.8) is 0 Å². The molecule has 1 fully saturated rings. The molecular formula is C11H15ClF2N4O2. The summed E-state index contributed by atoms with van der Waals surface area (Å²) in [6, 6.07) is 0. The van der Waals surface area contributed by atoms with Crippen molar-refractivity contribution in [2.24, 2.45) is 0 Å². The number of alkyl halides is 3. The Hall–Kier alpha value is -1.25. The van der Waals surface area contributed by atoms with Crippen LogP contribution in [0.2, 0.25) is 0 Å². The molecule has 0 aliphatic carbocycles. The quantitative estimate of drug-likeness (QED) is 0.824. The lowest BCUT2D eigenvalue weighted by Gasteiger charge is -2.26. The van der Waals surface area contributed by atoms with Crippen molar-refractivity contribution in [2.45, 2.75) is 11.9 Å². The van der Waals surface area contributed by atoms with Gasteiger partial charge in [0.25, 0.3) is 0 Å². The number of rotatable bonds is 5. The van der Waals surface area contributed by atoms with Crippen molar-refractivity contribution in [3.05, 3.63) is 12.4 Å². The van der Waals surface area contributed by atoms with Crippen LogP contribution >= 0.6 is 11.6 Å². The summed E-state index contributed by atoms with van der Waals surface area (Å²) in [5.74, 6) is -1.56. The van der Waals surface area contributed by atoms with E-state index in [1.54, 1.807) is 4.68 Å². The van der Waals surface area contributed by atoms with Crippen molar-refractivity contribution < 1.29 is 18.3 Å². The summed E-state index contributed by atoms with van der Waals surface area (Å²) >= 11 is 4.61. The fourth-order valence-electron chi connectivity index (χ4n) is 1.82. The molecule has 112 valence electrons. The van der Waals surface area contributed by atoms with E-state index in [9.17, 15) is 13.6 Å². The zero-order chi connectivity index (χ0) is 14.6. The van der Waals surface area contributed by atoms with Crippen molar-refractivity contribution in [2.75, 3.05) is 38.2 Å². The van der Waals surface area contributed by atoms with E-state index in [-0.39, 0.29) is 5.69 Å². The second-order valence-corrected chi connectivity index (χ2v) is 4.87. The standard InChI is InChI=1S/C11H15ClF2N4O2/c12-11(13,14)10(19)16-9-7-15-18(8-9)2-1-17-3-5-20-6-4-17/h7-8H,1-6H2,(H,16,19). The van der Waals surface area contributed by atoms with Crippen LogP contribution in [0.15, 0.2) is 12.4 Å². The number of amides is 1. The average molecular weight is 309 g/mol. The maximum Gasteiger partial charge on any atom is 0.400 e. The molecule has 2 rings (SSSR count). The van der Waals surface area contributed by atoms with Gasteiger partial charge in [0.2, 0.25) is 0 Å². The Morgan fingerprint density at radius 3 is 2.80 bits per heavy atom. The molecule has 0 unspecified atom stereocenters. The maximum atomic E-state index is 12.5. The van der Waals surface area contributed by atoms with Crippen molar-refractivity contribution >= 4 is 23.2 Å². The molecule has 0 aromatic carbocycles.